The minimum absolute atomic E-state index is 0.199. The van der Waals surface area contributed by atoms with Crippen molar-refractivity contribution in [3.05, 3.63) is 29.6 Å². The second kappa shape index (κ2) is 7.63. The van der Waals surface area contributed by atoms with Crippen molar-refractivity contribution in [2.24, 2.45) is 11.7 Å². The van der Waals surface area contributed by atoms with E-state index in [0.29, 0.717) is 19.1 Å². The topological polar surface area (TPSA) is 35.2 Å². The minimum Gasteiger partial charge on any atom is -0.494 e. The van der Waals surface area contributed by atoms with E-state index < -0.39 is 0 Å². The van der Waals surface area contributed by atoms with Gasteiger partial charge in [-0.15, -0.1) is 0 Å². The highest BCUT2D eigenvalue weighted by molar-refractivity contribution is 5.37. The molecule has 0 aliphatic heterocycles. The Morgan fingerprint density at radius 2 is 1.95 bits per heavy atom. The normalized spacial score (nSPS) is 18.6. The van der Waals surface area contributed by atoms with Gasteiger partial charge in [0.05, 0.1) is 6.61 Å². The van der Waals surface area contributed by atoms with Crippen LogP contribution in [-0.4, -0.2) is 13.2 Å². The van der Waals surface area contributed by atoms with Crippen LogP contribution in [0.4, 0.5) is 4.39 Å². The molecule has 0 saturated heterocycles. The Hall–Kier alpha value is -1.09. The molecule has 2 N–H and O–H groups in total. The van der Waals surface area contributed by atoms with Crippen molar-refractivity contribution in [2.45, 2.75) is 51.4 Å². The van der Waals surface area contributed by atoms with Gasteiger partial charge in [0.1, 0.15) is 11.6 Å². The smallest absolute Gasteiger partial charge is 0.123 e. The summed E-state index contributed by atoms with van der Waals surface area (Å²) >= 11 is 0. The summed E-state index contributed by atoms with van der Waals surface area (Å²) in [5.74, 6) is 1.37. The molecule has 1 unspecified atom stereocenters. The average molecular weight is 279 g/mol. The van der Waals surface area contributed by atoms with E-state index in [4.69, 9.17) is 10.5 Å². The number of benzene rings is 1. The number of ether oxygens (including phenoxy) is 1. The molecule has 0 bridgehead atoms. The second-order valence-electron chi connectivity index (χ2n) is 5.71. The quantitative estimate of drug-likeness (QED) is 0.818. The fourth-order valence-electron chi connectivity index (χ4n) is 3.38. The molecule has 1 atom stereocenters. The SMILES string of the molecule is CCOc1ccc(F)cc1C(CN)C1CCCCCC1. The number of hydrogen-bond acceptors (Lipinski definition) is 2. The van der Waals surface area contributed by atoms with E-state index in [2.05, 4.69) is 0 Å². The van der Waals surface area contributed by atoms with Crippen LogP contribution in [0.2, 0.25) is 0 Å². The molecule has 2 rings (SSSR count). The Bertz CT molecular complexity index is 413. The van der Waals surface area contributed by atoms with Crippen molar-refractivity contribution in [3.63, 3.8) is 0 Å². The van der Waals surface area contributed by atoms with Gasteiger partial charge < -0.3 is 10.5 Å². The molecule has 0 aromatic heterocycles. The zero-order valence-electron chi connectivity index (χ0n) is 12.4. The van der Waals surface area contributed by atoms with Crippen molar-refractivity contribution in [1.29, 1.82) is 0 Å². The van der Waals surface area contributed by atoms with Crippen molar-refractivity contribution >= 4 is 0 Å². The fraction of sp³-hybridized carbons (Fsp3) is 0.647. The summed E-state index contributed by atoms with van der Waals surface area (Å²) in [6.07, 6.45) is 7.55. The summed E-state index contributed by atoms with van der Waals surface area (Å²) in [5.41, 5.74) is 6.98. The van der Waals surface area contributed by atoms with E-state index in [1.54, 1.807) is 12.1 Å². The summed E-state index contributed by atoms with van der Waals surface area (Å²) < 4.78 is 19.3. The lowest BCUT2D eigenvalue weighted by molar-refractivity contribution is 0.319. The molecule has 3 heteroatoms. The fourth-order valence-corrected chi connectivity index (χ4v) is 3.38. The number of rotatable bonds is 5. The third-order valence-electron chi connectivity index (χ3n) is 4.39. The van der Waals surface area contributed by atoms with Crippen LogP contribution < -0.4 is 10.5 Å². The molecular weight excluding hydrogens is 253 g/mol. The van der Waals surface area contributed by atoms with Crippen LogP contribution in [0, 0.1) is 11.7 Å². The number of nitrogens with two attached hydrogens (primary N) is 1. The van der Waals surface area contributed by atoms with Gasteiger partial charge >= 0.3 is 0 Å². The first-order chi connectivity index (χ1) is 9.76. The van der Waals surface area contributed by atoms with Gasteiger partial charge in [0.15, 0.2) is 0 Å². The molecule has 112 valence electrons. The Morgan fingerprint density at radius 3 is 2.55 bits per heavy atom. The molecule has 0 spiro atoms. The second-order valence-corrected chi connectivity index (χ2v) is 5.71. The third kappa shape index (κ3) is 3.72. The maximum Gasteiger partial charge on any atom is 0.123 e. The van der Waals surface area contributed by atoms with Crippen LogP contribution in [0.25, 0.3) is 0 Å². The number of hydrogen-bond donors (Lipinski definition) is 1. The summed E-state index contributed by atoms with van der Waals surface area (Å²) in [6, 6.07) is 4.83. The zero-order chi connectivity index (χ0) is 14.4. The molecule has 0 amide bonds. The largest absolute Gasteiger partial charge is 0.494 e. The lowest BCUT2D eigenvalue weighted by Gasteiger charge is -2.27. The maximum atomic E-state index is 13.6. The summed E-state index contributed by atoms with van der Waals surface area (Å²) in [6.45, 7) is 3.12. The lowest BCUT2D eigenvalue weighted by atomic mass is 9.81. The highest BCUT2D eigenvalue weighted by Crippen LogP contribution is 2.38. The molecular formula is C17H26FNO. The molecule has 0 radical (unpaired) electrons. The van der Waals surface area contributed by atoms with Crippen molar-refractivity contribution in [2.75, 3.05) is 13.2 Å². The van der Waals surface area contributed by atoms with Gasteiger partial charge in [-0.3, -0.25) is 0 Å². The van der Waals surface area contributed by atoms with Crippen molar-refractivity contribution < 1.29 is 9.13 Å². The maximum absolute atomic E-state index is 13.6. The predicted molar refractivity (Wildman–Crippen MR) is 80.6 cm³/mol. The molecule has 1 aromatic rings. The van der Waals surface area contributed by atoms with E-state index in [9.17, 15) is 4.39 Å². The van der Waals surface area contributed by atoms with Gasteiger partial charge in [0.25, 0.3) is 0 Å². The summed E-state index contributed by atoms with van der Waals surface area (Å²) in [5, 5.41) is 0. The summed E-state index contributed by atoms with van der Waals surface area (Å²) in [7, 11) is 0. The Labute approximate surface area is 121 Å². The van der Waals surface area contributed by atoms with Gasteiger partial charge in [-0.05, 0) is 50.4 Å². The molecule has 1 saturated carbocycles. The minimum atomic E-state index is -0.199. The lowest BCUT2D eigenvalue weighted by Crippen LogP contribution is -2.22. The van der Waals surface area contributed by atoms with Crippen LogP contribution >= 0.6 is 0 Å². The number of halogens is 1. The highest BCUT2D eigenvalue weighted by Gasteiger charge is 2.26. The van der Waals surface area contributed by atoms with Crippen molar-refractivity contribution in [1.82, 2.24) is 0 Å². The highest BCUT2D eigenvalue weighted by atomic mass is 19.1. The van der Waals surface area contributed by atoms with E-state index >= 15 is 0 Å². The van der Waals surface area contributed by atoms with Crippen LogP contribution in [0.1, 0.15) is 56.9 Å². The van der Waals surface area contributed by atoms with Gasteiger partial charge in [-0.25, -0.2) is 4.39 Å². The van der Waals surface area contributed by atoms with Gasteiger partial charge in [-0.1, -0.05) is 25.7 Å². The van der Waals surface area contributed by atoms with E-state index in [-0.39, 0.29) is 11.7 Å². The molecule has 20 heavy (non-hydrogen) atoms. The average Bonchev–Trinajstić information content (AvgIpc) is 2.72. The van der Waals surface area contributed by atoms with Crippen LogP contribution in [-0.2, 0) is 0 Å². The first kappa shape index (κ1) is 15.3. The zero-order valence-corrected chi connectivity index (χ0v) is 12.4. The predicted octanol–water partition coefficient (Wildman–Crippen LogP) is 4.24. The molecule has 1 fully saturated rings. The van der Waals surface area contributed by atoms with Crippen LogP contribution in [0.15, 0.2) is 18.2 Å². The Kier molecular flexibility index (Phi) is 5.84. The summed E-state index contributed by atoms with van der Waals surface area (Å²) in [4.78, 5) is 0. The Balaban J connectivity index is 2.26. The monoisotopic (exact) mass is 279 g/mol. The van der Waals surface area contributed by atoms with Crippen LogP contribution in [0.3, 0.4) is 0 Å². The first-order valence-corrected chi connectivity index (χ1v) is 7.88. The Morgan fingerprint density at radius 1 is 1.25 bits per heavy atom. The third-order valence-corrected chi connectivity index (χ3v) is 4.39. The van der Waals surface area contributed by atoms with E-state index in [0.717, 1.165) is 11.3 Å². The molecule has 1 aliphatic carbocycles. The van der Waals surface area contributed by atoms with E-state index in [1.165, 1.54) is 44.6 Å². The van der Waals surface area contributed by atoms with Gasteiger partial charge in [0, 0.05) is 11.5 Å². The molecule has 1 aliphatic rings. The van der Waals surface area contributed by atoms with E-state index in [1.807, 2.05) is 6.92 Å². The molecule has 0 heterocycles. The molecule has 2 nitrogen and oxygen atoms in total. The van der Waals surface area contributed by atoms with Gasteiger partial charge in [0.2, 0.25) is 0 Å². The van der Waals surface area contributed by atoms with Crippen molar-refractivity contribution in [3.8, 4) is 5.75 Å². The standard InChI is InChI=1S/C17H26FNO/c1-2-20-17-10-9-14(18)11-15(17)16(12-19)13-7-5-3-4-6-8-13/h9-11,13,16H,2-8,12,19H2,1H3. The van der Waals surface area contributed by atoms with Gasteiger partial charge in [-0.2, -0.15) is 0 Å². The molecule has 1 aromatic carbocycles. The first-order valence-electron chi connectivity index (χ1n) is 7.88. The van der Waals surface area contributed by atoms with Crippen LogP contribution in [0.5, 0.6) is 5.75 Å².